The van der Waals surface area contributed by atoms with Crippen LogP contribution in [0.2, 0.25) is 0 Å². The molecule has 20 heavy (non-hydrogen) atoms. The number of hydrogen-bond donors (Lipinski definition) is 2. The van der Waals surface area contributed by atoms with Gasteiger partial charge in [0, 0.05) is 13.0 Å². The quantitative estimate of drug-likeness (QED) is 0.780. The van der Waals surface area contributed by atoms with Crippen molar-refractivity contribution in [3.8, 4) is 0 Å². The monoisotopic (exact) mass is 293 g/mol. The molecule has 0 saturated heterocycles. The molecule has 2 aromatic rings. The van der Waals surface area contributed by atoms with Crippen molar-refractivity contribution in [2.45, 2.75) is 32.6 Å². The lowest BCUT2D eigenvalue weighted by molar-refractivity contribution is -0.137. The number of carboxylic acid groups (broad SMARTS) is 1. The number of nitrogens with one attached hydrogen (secondary N) is 1. The van der Waals surface area contributed by atoms with Crippen molar-refractivity contribution in [3.05, 3.63) is 17.8 Å². The maximum Gasteiger partial charge on any atom is 0.303 e. The molecule has 2 N–H and O–H groups in total. The summed E-state index contributed by atoms with van der Waals surface area (Å²) in [5.74, 6) is 0.593. The van der Waals surface area contributed by atoms with Crippen LogP contribution in [0.3, 0.4) is 0 Å². The lowest BCUT2D eigenvalue weighted by atomic mass is 9.97. The third kappa shape index (κ3) is 3.90. The van der Waals surface area contributed by atoms with E-state index in [1.54, 1.807) is 17.7 Å². The number of fused-ring (bicyclic) bond motifs is 1. The third-order valence-electron chi connectivity index (χ3n) is 3.45. The molecular weight excluding hydrogens is 274 g/mol. The second-order valence-corrected chi connectivity index (χ2v) is 5.68. The van der Waals surface area contributed by atoms with Gasteiger partial charge in [0.2, 0.25) is 0 Å². The van der Waals surface area contributed by atoms with Gasteiger partial charge in [0.05, 0.1) is 5.39 Å². The number of aromatic nitrogens is 2. The van der Waals surface area contributed by atoms with Gasteiger partial charge in [-0.15, -0.1) is 11.3 Å². The molecule has 2 aromatic heterocycles. The van der Waals surface area contributed by atoms with Gasteiger partial charge in [0.15, 0.2) is 0 Å². The number of carbonyl (C=O) groups is 1. The van der Waals surface area contributed by atoms with E-state index in [9.17, 15) is 4.79 Å². The minimum absolute atomic E-state index is 0.251. The molecule has 0 aliphatic carbocycles. The molecule has 2 rings (SSSR count). The van der Waals surface area contributed by atoms with Crippen molar-refractivity contribution >= 4 is 33.3 Å². The summed E-state index contributed by atoms with van der Waals surface area (Å²) in [5.41, 5.74) is 0. The van der Waals surface area contributed by atoms with Crippen molar-refractivity contribution in [1.82, 2.24) is 9.97 Å². The average molecular weight is 293 g/mol. The minimum Gasteiger partial charge on any atom is -0.481 e. The highest BCUT2D eigenvalue weighted by Gasteiger charge is 2.10. The van der Waals surface area contributed by atoms with Gasteiger partial charge in [0.25, 0.3) is 0 Å². The Morgan fingerprint density at radius 3 is 3.05 bits per heavy atom. The van der Waals surface area contributed by atoms with Crippen LogP contribution in [-0.4, -0.2) is 27.6 Å². The first kappa shape index (κ1) is 14.7. The summed E-state index contributed by atoms with van der Waals surface area (Å²) in [6.45, 7) is 2.91. The minimum atomic E-state index is -0.716. The molecule has 0 radical (unpaired) electrons. The molecule has 0 amide bonds. The lowest BCUT2D eigenvalue weighted by Crippen LogP contribution is -2.11. The third-order valence-corrected chi connectivity index (χ3v) is 4.27. The first-order valence-electron chi connectivity index (χ1n) is 6.84. The van der Waals surface area contributed by atoms with Crippen molar-refractivity contribution in [2.75, 3.05) is 11.9 Å². The largest absolute Gasteiger partial charge is 0.481 e. The molecule has 2 heterocycles. The Morgan fingerprint density at radius 1 is 1.45 bits per heavy atom. The van der Waals surface area contributed by atoms with E-state index in [0.717, 1.165) is 41.8 Å². The Hall–Kier alpha value is -1.69. The van der Waals surface area contributed by atoms with Crippen LogP contribution >= 0.6 is 11.3 Å². The Labute approximate surface area is 122 Å². The summed E-state index contributed by atoms with van der Waals surface area (Å²) >= 11 is 1.60. The van der Waals surface area contributed by atoms with Crippen molar-refractivity contribution < 1.29 is 9.90 Å². The number of hydrogen-bond acceptors (Lipinski definition) is 5. The number of nitrogens with zero attached hydrogens (tertiary/aromatic N) is 2. The molecule has 1 unspecified atom stereocenters. The molecule has 0 saturated carbocycles. The van der Waals surface area contributed by atoms with E-state index < -0.39 is 5.97 Å². The first-order chi connectivity index (χ1) is 9.70. The Balaban J connectivity index is 1.85. The Morgan fingerprint density at radius 2 is 2.30 bits per heavy atom. The average Bonchev–Trinajstić information content (AvgIpc) is 2.91. The summed E-state index contributed by atoms with van der Waals surface area (Å²) in [6, 6.07) is 2.02. The number of rotatable bonds is 8. The second kappa shape index (κ2) is 7.19. The number of thiophene rings is 1. The molecule has 0 aromatic carbocycles. The molecule has 108 valence electrons. The molecule has 0 aliphatic heterocycles. The summed E-state index contributed by atoms with van der Waals surface area (Å²) in [4.78, 5) is 20.1. The van der Waals surface area contributed by atoms with Crippen LogP contribution in [0, 0.1) is 5.92 Å². The van der Waals surface area contributed by atoms with Gasteiger partial charge in [-0.1, -0.05) is 13.3 Å². The highest BCUT2D eigenvalue weighted by Crippen LogP contribution is 2.24. The molecule has 1 atom stereocenters. The van der Waals surface area contributed by atoms with Crippen LogP contribution in [0.25, 0.3) is 10.2 Å². The summed E-state index contributed by atoms with van der Waals surface area (Å²) in [7, 11) is 0. The maximum atomic E-state index is 10.6. The molecule has 0 bridgehead atoms. The van der Waals surface area contributed by atoms with E-state index in [2.05, 4.69) is 22.2 Å². The predicted octanol–water partition coefficient (Wildman–Crippen LogP) is 3.38. The normalized spacial score (nSPS) is 12.4. The SMILES string of the molecule is CCC(CCNc1ncnc2sccc12)CCC(=O)O. The lowest BCUT2D eigenvalue weighted by Gasteiger charge is -2.14. The zero-order chi connectivity index (χ0) is 14.4. The van der Waals surface area contributed by atoms with Crippen LogP contribution in [0.15, 0.2) is 17.8 Å². The Kier molecular flexibility index (Phi) is 5.29. The topological polar surface area (TPSA) is 75.1 Å². The zero-order valence-corrected chi connectivity index (χ0v) is 12.3. The number of anilines is 1. The van der Waals surface area contributed by atoms with E-state index in [4.69, 9.17) is 5.11 Å². The standard InChI is InChI=1S/C14H19N3O2S/c1-2-10(3-4-12(18)19)5-7-15-13-11-6-8-20-14(11)17-9-16-13/h6,8-10H,2-5,7H2,1H3,(H,18,19)(H,15,16,17). The predicted molar refractivity (Wildman–Crippen MR) is 81.2 cm³/mol. The highest BCUT2D eigenvalue weighted by molar-refractivity contribution is 7.16. The fourth-order valence-corrected chi connectivity index (χ4v) is 2.94. The van der Waals surface area contributed by atoms with E-state index in [-0.39, 0.29) is 6.42 Å². The van der Waals surface area contributed by atoms with Crippen LogP contribution < -0.4 is 5.32 Å². The summed E-state index contributed by atoms with van der Waals surface area (Å²) in [5, 5.41) is 15.1. The number of aliphatic carboxylic acids is 1. The van der Waals surface area contributed by atoms with Crippen molar-refractivity contribution in [2.24, 2.45) is 5.92 Å². The van der Waals surface area contributed by atoms with Crippen LogP contribution in [0.1, 0.15) is 32.6 Å². The van der Waals surface area contributed by atoms with Crippen LogP contribution in [0.4, 0.5) is 5.82 Å². The van der Waals surface area contributed by atoms with Gasteiger partial charge in [0.1, 0.15) is 17.0 Å². The van der Waals surface area contributed by atoms with Gasteiger partial charge in [-0.25, -0.2) is 9.97 Å². The highest BCUT2D eigenvalue weighted by atomic mass is 32.1. The first-order valence-corrected chi connectivity index (χ1v) is 7.72. The van der Waals surface area contributed by atoms with Gasteiger partial charge >= 0.3 is 5.97 Å². The molecule has 0 spiro atoms. The second-order valence-electron chi connectivity index (χ2n) is 4.78. The zero-order valence-electron chi connectivity index (χ0n) is 11.5. The molecular formula is C14H19N3O2S. The van der Waals surface area contributed by atoms with Gasteiger partial charge in [-0.2, -0.15) is 0 Å². The van der Waals surface area contributed by atoms with E-state index in [0.29, 0.717) is 5.92 Å². The van der Waals surface area contributed by atoms with Crippen LogP contribution in [0.5, 0.6) is 0 Å². The summed E-state index contributed by atoms with van der Waals surface area (Å²) < 4.78 is 0. The van der Waals surface area contributed by atoms with Gasteiger partial charge in [-0.3, -0.25) is 4.79 Å². The fourth-order valence-electron chi connectivity index (χ4n) is 2.21. The molecule has 6 heteroatoms. The summed E-state index contributed by atoms with van der Waals surface area (Å²) in [6.07, 6.45) is 4.53. The van der Waals surface area contributed by atoms with E-state index >= 15 is 0 Å². The van der Waals surface area contributed by atoms with Crippen molar-refractivity contribution in [1.29, 1.82) is 0 Å². The fraction of sp³-hybridized carbons (Fsp3) is 0.500. The van der Waals surface area contributed by atoms with E-state index in [1.165, 1.54) is 0 Å². The molecule has 0 fully saturated rings. The van der Waals surface area contributed by atoms with Crippen molar-refractivity contribution in [3.63, 3.8) is 0 Å². The Bertz CT molecular complexity index is 570. The molecule has 5 nitrogen and oxygen atoms in total. The number of carboxylic acids is 1. The maximum absolute atomic E-state index is 10.6. The van der Waals surface area contributed by atoms with Gasteiger partial charge in [-0.05, 0) is 30.2 Å². The van der Waals surface area contributed by atoms with E-state index in [1.807, 2.05) is 11.4 Å². The van der Waals surface area contributed by atoms with Crippen LogP contribution in [-0.2, 0) is 4.79 Å². The smallest absolute Gasteiger partial charge is 0.303 e. The molecule has 0 aliphatic rings. The van der Waals surface area contributed by atoms with Gasteiger partial charge < -0.3 is 10.4 Å².